The number of rotatable bonds is 13. The second kappa shape index (κ2) is 14.3. The molecule has 1 N–H and O–H groups in total. The lowest BCUT2D eigenvalue weighted by Gasteiger charge is -2.29. The van der Waals surface area contributed by atoms with E-state index in [9.17, 15) is 9.90 Å². The van der Waals surface area contributed by atoms with E-state index in [1.54, 1.807) is 0 Å². The van der Waals surface area contributed by atoms with Crippen LogP contribution >= 0.6 is 0 Å². The fourth-order valence-corrected chi connectivity index (χ4v) is 6.34. The Morgan fingerprint density at radius 2 is 1.37 bits per heavy atom. The van der Waals surface area contributed by atoms with Crippen LogP contribution in [0, 0.1) is 11.8 Å². The highest BCUT2D eigenvalue weighted by atomic mass is 16.4. The minimum atomic E-state index is -0.651. The van der Waals surface area contributed by atoms with E-state index in [1.807, 2.05) is 0 Å². The maximum Gasteiger partial charge on any atom is 0.306 e. The molecule has 3 aromatic rings. The number of unbranched alkanes of at least 4 members (excludes halogenated alkanes) is 1. The molecule has 1 saturated carbocycles. The first-order chi connectivity index (χ1) is 18.6. The van der Waals surface area contributed by atoms with Gasteiger partial charge in [0.05, 0.1) is 5.92 Å². The van der Waals surface area contributed by atoms with Crippen molar-refractivity contribution in [1.29, 1.82) is 0 Å². The molecule has 0 heterocycles. The summed E-state index contributed by atoms with van der Waals surface area (Å²) in [7, 11) is 0. The van der Waals surface area contributed by atoms with Crippen LogP contribution in [0.25, 0.3) is 22.3 Å². The lowest BCUT2D eigenvalue weighted by atomic mass is 9.77. The molecule has 3 aromatic carbocycles. The van der Waals surface area contributed by atoms with E-state index in [4.69, 9.17) is 0 Å². The maximum absolute atomic E-state index is 11.4. The maximum atomic E-state index is 11.4. The third-order valence-electron chi connectivity index (χ3n) is 8.70. The number of benzene rings is 3. The first kappa shape index (κ1) is 28.1. The van der Waals surface area contributed by atoms with Crippen LogP contribution in [0.1, 0.15) is 102 Å². The van der Waals surface area contributed by atoms with Crippen LogP contribution in [0.15, 0.2) is 72.8 Å². The van der Waals surface area contributed by atoms with Gasteiger partial charge in [-0.1, -0.05) is 112 Å². The van der Waals surface area contributed by atoms with Crippen LogP contribution in [-0.4, -0.2) is 11.1 Å². The monoisotopic (exact) mass is 510 g/mol. The third-order valence-corrected chi connectivity index (χ3v) is 8.70. The van der Waals surface area contributed by atoms with Gasteiger partial charge in [-0.15, -0.1) is 0 Å². The lowest BCUT2D eigenvalue weighted by Crippen LogP contribution is -2.13. The van der Waals surface area contributed by atoms with Gasteiger partial charge in [-0.2, -0.15) is 0 Å². The Hall–Kier alpha value is -2.87. The molecule has 1 atom stereocenters. The Bertz CT molecular complexity index is 1120. The number of aryl methyl sites for hydroxylation is 1. The Labute approximate surface area is 230 Å². The van der Waals surface area contributed by atoms with Crippen molar-refractivity contribution in [1.82, 2.24) is 0 Å². The lowest BCUT2D eigenvalue weighted by molar-refractivity contribution is -0.142. The molecule has 38 heavy (non-hydrogen) atoms. The first-order valence-electron chi connectivity index (χ1n) is 15.1. The minimum Gasteiger partial charge on any atom is -0.481 e. The molecule has 0 radical (unpaired) electrons. The van der Waals surface area contributed by atoms with E-state index < -0.39 is 5.97 Å². The van der Waals surface area contributed by atoms with Crippen molar-refractivity contribution < 1.29 is 9.90 Å². The van der Waals surface area contributed by atoms with Gasteiger partial charge in [0.15, 0.2) is 0 Å². The largest absolute Gasteiger partial charge is 0.481 e. The number of hydrogen-bond acceptors (Lipinski definition) is 1. The predicted octanol–water partition coefficient (Wildman–Crippen LogP) is 10.3. The van der Waals surface area contributed by atoms with Crippen LogP contribution in [0.2, 0.25) is 0 Å². The normalized spacial score (nSPS) is 18.3. The summed E-state index contributed by atoms with van der Waals surface area (Å²) in [6.07, 6.45) is 13.9. The molecule has 0 saturated heterocycles. The molecular weight excluding hydrogens is 464 g/mol. The summed E-state index contributed by atoms with van der Waals surface area (Å²) in [4.78, 5) is 11.4. The molecule has 1 aliphatic carbocycles. The smallest absolute Gasteiger partial charge is 0.306 e. The zero-order valence-electron chi connectivity index (χ0n) is 23.5. The summed E-state index contributed by atoms with van der Waals surface area (Å²) in [5.74, 6) is 0.809. The molecule has 0 aromatic heterocycles. The van der Waals surface area contributed by atoms with Crippen molar-refractivity contribution in [3.63, 3.8) is 0 Å². The highest BCUT2D eigenvalue weighted by Crippen LogP contribution is 2.39. The van der Waals surface area contributed by atoms with E-state index in [1.165, 1.54) is 78.3 Å². The van der Waals surface area contributed by atoms with Gasteiger partial charge in [0.1, 0.15) is 0 Å². The number of hydrogen-bond donors (Lipinski definition) is 1. The topological polar surface area (TPSA) is 37.3 Å². The van der Waals surface area contributed by atoms with Gasteiger partial charge >= 0.3 is 5.97 Å². The zero-order valence-corrected chi connectivity index (χ0v) is 23.5. The van der Waals surface area contributed by atoms with Crippen LogP contribution in [0.3, 0.4) is 0 Å². The molecule has 0 amide bonds. The predicted molar refractivity (Wildman–Crippen MR) is 161 cm³/mol. The Morgan fingerprint density at radius 3 is 1.92 bits per heavy atom. The van der Waals surface area contributed by atoms with Crippen molar-refractivity contribution >= 4 is 5.97 Å². The van der Waals surface area contributed by atoms with Crippen LogP contribution in [0.5, 0.6) is 0 Å². The molecule has 2 heteroatoms. The molecule has 0 bridgehead atoms. The van der Waals surface area contributed by atoms with Crippen molar-refractivity contribution in [3.8, 4) is 22.3 Å². The average molecular weight is 511 g/mol. The Morgan fingerprint density at radius 1 is 0.763 bits per heavy atom. The molecule has 0 aliphatic heterocycles. The van der Waals surface area contributed by atoms with Crippen molar-refractivity contribution in [2.75, 3.05) is 0 Å². The van der Waals surface area contributed by atoms with E-state index in [2.05, 4.69) is 86.6 Å². The Kier molecular flexibility index (Phi) is 10.6. The van der Waals surface area contributed by atoms with E-state index in [0.717, 1.165) is 43.9 Å². The van der Waals surface area contributed by atoms with Crippen molar-refractivity contribution in [2.45, 2.75) is 96.8 Å². The molecule has 4 rings (SSSR count). The van der Waals surface area contributed by atoms with Gasteiger partial charge in [-0.05, 0) is 96.6 Å². The highest BCUT2D eigenvalue weighted by Gasteiger charge is 2.22. The fourth-order valence-electron chi connectivity index (χ4n) is 6.34. The van der Waals surface area contributed by atoms with Gasteiger partial charge in [0, 0.05) is 0 Å². The van der Waals surface area contributed by atoms with E-state index >= 15 is 0 Å². The van der Waals surface area contributed by atoms with Gasteiger partial charge in [0.2, 0.25) is 0 Å². The summed E-state index contributed by atoms with van der Waals surface area (Å²) in [5.41, 5.74) is 7.83. The molecule has 1 aliphatic rings. The van der Waals surface area contributed by atoms with E-state index in [-0.39, 0.29) is 5.92 Å². The van der Waals surface area contributed by atoms with Crippen LogP contribution in [0.4, 0.5) is 0 Å². The SMILES string of the molecule is CCCCC1CCC(c2ccc(-c3ccccc3-c3ccc(CCCC(CCC)C(=O)O)cc3)cc2)CC1. The van der Waals surface area contributed by atoms with Gasteiger partial charge in [0.25, 0.3) is 0 Å². The van der Waals surface area contributed by atoms with Crippen LogP contribution in [-0.2, 0) is 11.2 Å². The van der Waals surface area contributed by atoms with Crippen molar-refractivity contribution in [3.05, 3.63) is 83.9 Å². The van der Waals surface area contributed by atoms with Crippen LogP contribution < -0.4 is 0 Å². The summed E-state index contributed by atoms with van der Waals surface area (Å²) >= 11 is 0. The molecule has 202 valence electrons. The second-order valence-electron chi connectivity index (χ2n) is 11.4. The number of carboxylic acid groups (broad SMARTS) is 1. The van der Waals surface area contributed by atoms with Gasteiger partial charge in [-0.3, -0.25) is 4.79 Å². The van der Waals surface area contributed by atoms with E-state index in [0.29, 0.717) is 0 Å². The zero-order chi connectivity index (χ0) is 26.7. The third kappa shape index (κ3) is 7.59. The second-order valence-corrected chi connectivity index (χ2v) is 11.4. The number of carboxylic acids is 1. The summed E-state index contributed by atoms with van der Waals surface area (Å²) in [6, 6.07) is 27.0. The average Bonchev–Trinajstić information content (AvgIpc) is 2.96. The molecule has 0 spiro atoms. The molecule has 2 nitrogen and oxygen atoms in total. The number of carbonyl (C=O) groups is 1. The summed E-state index contributed by atoms with van der Waals surface area (Å²) in [6.45, 7) is 4.36. The Balaban J connectivity index is 1.39. The fraction of sp³-hybridized carbons (Fsp3) is 0.472. The van der Waals surface area contributed by atoms with Gasteiger partial charge < -0.3 is 5.11 Å². The molecule has 1 fully saturated rings. The summed E-state index contributed by atoms with van der Waals surface area (Å²) < 4.78 is 0. The first-order valence-corrected chi connectivity index (χ1v) is 15.1. The standard InChI is InChI=1S/C36H46O2/c1-3-5-10-27-15-19-29(20-16-27)30-23-25-32(26-24-30)35-14-7-6-13-34(35)31-21-17-28(18-22-31)11-8-12-33(9-4-2)36(37)38/h6-7,13-14,17-18,21-27,29,33H,3-5,8-12,15-16,19-20H2,1-2H3,(H,37,38). The molecular formula is C36H46O2. The van der Waals surface area contributed by atoms with Gasteiger partial charge in [-0.25, -0.2) is 0 Å². The molecule has 1 unspecified atom stereocenters. The summed E-state index contributed by atoms with van der Waals surface area (Å²) in [5, 5.41) is 9.40. The number of aliphatic carboxylic acids is 1. The highest BCUT2D eigenvalue weighted by molar-refractivity contribution is 5.83. The quantitative estimate of drug-likeness (QED) is 0.248. The minimum absolute atomic E-state index is 0.210. The van der Waals surface area contributed by atoms with Crippen molar-refractivity contribution in [2.24, 2.45) is 11.8 Å².